The number of nitrogens with two attached hydrogens (primary N) is 1. The van der Waals surface area contributed by atoms with E-state index in [-0.39, 0.29) is 11.1 Å². The van der Waals surface area contributed by atoms with Crippen molar-refractivity contribution >= 4 is 34.2 Å². The highest BCUT2D eigenvalue weighted by molar-refractivity contribution is 14.1. The molecule has 7 heteroatoms. The number of halogens is 2. The zero-order chi connectivity index (χ0) is 14.9. The second-order valence-electron chi connectivity index (χ2n) is 3.95. The Balaban J connectivity index is 2.80. The molecule has 0 radical (unpaired) electrons. The van der Waals surface area contributed by atoms with Gasteiger partial charge in [-0.3, -0.25) is 14.9 Å². The maximum atomic E-state index is 13.4. The molecule has 0 aliphatic carbocycles. The summed E-state index contributed by atoms with van der Waals surface area (Å²) in [6.45, 7) is 0. The molecule has 1 amide bonds. The summed E-state index contributed by atoms with van der Waals surface area (Å²) in [7, 11) is 0. The summed E-state index contributed by atoms with van der Waals surface area (Å²) in [6.07, 6.45) is 0. The first-order valence-electron chi connectivity index (χ1n) is 5.44. The summed E-state index contributed by atoms with van der Waals surface area (Å²) in [5, 5.41) is 11.2. The summed E-state index contributed by atoms with van der Waals surface area (Å²) in [6, 6.07) is 8.16. The van der Waals surface area contributed by atoms with E-state index in [9.17, 15) is 19.3 Å². The Kier molecular flexibility index (Phi) is 3.98. The molecular weight excluding hydrogens is 378 g/mol. The number of para-hydroxylation sites is 1. The highest BCUT2D eigenvalue weighted by atomic mass is 127. The number of carbonyl (C=O) groups excluding carboxylic acids is 1. The molecule has 0 bridgehead atoms. The van der Waals surface area contributed by atoms with Crippen molar-refractivity contribution in [3.63, 3.8) is 0 Å². The first kappa shape index (κ1) is 14.4. The van der Waals surface area contributed by atoms with Gasteiger partial charge >= 0.3 is 0 Å². The van der Waals surface area contributed by atoms with Crippen molar-refractivity contribution in [2.24, 2.45) is 5.73 Å². The number of hydrogen-bond donors (Lipinski definition) is 1. The number of rotatable bonds is 3. The number of benzene rings is 2. The third kappa shape index (κ3) is 2.62. The monoisotopic (exact) mass is 386 g/mol. The van der Waals surface area contributed by atoms with Gasteiger partial charge in [0.25, 0.3) is 11.6 Å². The fourth-order valence-corrected chi connectivity index (χ4v) is 2.49. The molecule has 0 heterocycles. The number of nitrogens with zero attached hydrogens (tertiary/aromatic N) is 1. The lowest BCUT2D eigenvalue weighted by Gasteiger charge is -2.08. The molecule has 2 aromatic rings. The van der Waals surface area contributed by atoms with Gasteiger partial charge in [-0.2, -0.15) is 0 Å². The highest BCUT2D eigenvalue weighted by Gasteiger charge is 2.24. The minimum absolute atomic E-state index is 0.162. The summed E-state index contributed by atoms with van der Waals surface area (Å²) in [5.41, 5.74) is 5.04. The first-order valence-corrected chi connectivity index (χ1v) is 6.52. The van der Waals surface area contributed by atoms with E-state index in [2.05, 4.69) is 0 Å². The number of primary amides is 1. The topological polar surface area (TPSA) is 86.2 Å². The Bertz CT molecular complexity index is 719. The maximum absolute atomic E-state index is 13.4. The van der Waals surface area contributed by atoms with Crippen LogP contribution in [0.2, 0.25) is 0 Å². The molecule has 0 fully saturated rings. The number of nitro groups is 1. The van der Waals surface area contributed by atoms with Gasteiger partial charge in [0.1, 0.15) is 11.4 Å². The molecule has 2 aromatic carbocycles. The minimum Gasteiger partial charge on any atom is -0.365 e. The molecule has 20 heavy (non-hydrogen) atoms. The predicted octanol–water partition coefficient (Wildman–Crippen LogP) is 3.10. The molecule has 0 saturated heterocycles. The van der Waals surface area contributed by atoms with Crippen LogP contribution in [-0.2, 0) is 0 Å². The fraction of sp³-hybridized carbons (Fsp3) is 0. The Labute approximate surface area is 126 Å². The van der Waals surface area contributed by atoms with Crippen LogP contribution >= 0.6 is 22.6 Å². The van der Waals surface area contributed by atoms with Gasteiger partial charge in [-0.25, -0.2) is 4.39 Å². The summed E-state index contributed by atoms with van der Waals surface area (Å²) in [4.78, 5) is 21.8. The average molecular weight is 386 g/mol. The van der Waals surface area contributed by atoms with Gasteiger partial charge in [0, 0.05) is 9.13 Å². The number of nitro benzene ring substituents is 1. The molecule has 0 aliphatic rings. The zero-order valence-corrected chi connectivity index (χ0v) is 12.1. The molecule has 0 aliphatic heterocycles. The average Bonchev–Trinajstić information content (AvgIpc) is 2.40. The third-order valence-corrected chi connectivity index (χ3v) is 3.64. The Morgan fingerprint density at radius 2 is 1.95 bits per heavy atom. The van der Waals surface area contributed by atoms with Gasteiger partial charge in [0.2, 0.25) is 0 Å². The molecule has 0 saturated carbocycles. The van der Waals surface area contributed by atoms with E-state index in [0.717, 1.165) is 0 Å². The molecule has 0 spiro atoms. The van der Waals surface area contributed by atoms with Gasteiger partial charge < -0.3 is 5.73 Å². The number of hydrogen-bond acceptors (Lipinski definition) is 3. The van der Waals surface area contributed by atoms with Crippen LogP contribution in [0.4, 0.5) is 10.1 Å². The van der Waals surface area contributed by atoms with Crippen LogP contribution in [0.25, 0.3) is 11.1 Å². The lowest BCUT2D eigenvalue weighted by Crippen LogP contribution is -2.14. The van der Waals surface area contributed by atoms with Crippen LogP contribution in [-0.4, -0.2) is 10.8 Å². The SMILES string of the molecule is NC(=O)c1cccc(-c2cc(F)ccc2I)c1[N+](=O)[O-]. The minimum atomic E-state index is -0.898. The van der Waals surface area contributed by atoms with Crippen molar-refractivity contribution in [1.29, 1.82) is 0 Å². The Hall–Kier alpha value is -2.03. The van der Waals surface area contributed by atoms with E-state index < -0.39 is 22.3 Å². The van der Waals surface area contributed by atoms with Gasteiger partial charge in [0.05, 0.1) is 10.5 Å². The van der Waals surface area contributed by atoms with E-state index in [4.69, 9.17) is 5.73 Å². The fourth-order valence-electron chi connectivity index (χ4n) is 1.86. The first-order chi connectivity index (χ1) is 9.41. The van der Waals surface area contributed by atoms with Crippen LogP contribution in [0.1, 0.15) is 10.4 Å². The molecule has 102 valence electrons. The van der Waals surface area contributed by atoms with Gasteiger partial charge in [-0.15, -0.1) is 0 Å². The van der Waals surface area contributed by atoms with Crippen molar-refractivity contribution in [2.45, 2.75) is 0 Å². The molecule has 2 N–H and O–H groups in total. The van der Waals surface area contributed by atoms with Gasteiger partial charge in [0.15, 0.2) is 0 Å². The van der Waals surface area contributed by atoms with Crippen molar-refractivity contribution < 1.29 is 14.1 Å². The van der Waals surface area contributed by atoms with Gasteiger partial charge in [-0.05, 0) is 52.9 Å². The van der Waals surface area contributed by atoms with E-state index in [0.29, 0.717) is 9.13 Å². The quantitative estimate of drug-likeness (QED) is 0.500. The molecule has 2 rings (SSSR count). The second kappa shape index (κ2) is 5.53. The van der Waals surface area contributed by atoms with E-state index >= 15 is 0 Å². The zero-order valence-electron chi connectivity index (χ0n) is 9.97. The summed E-state index contributed by atoms with van der Waals surface area (Å²) >= 11 is 1.94. The van der Waals surface area contributed by atoms with E-state index in [1.807, 2.05) is 22.6 Å². The van der Waals surface area contributed by atoms with Crippen LogP contribution in [0.15, 0.2) is 36.4 Å². The lowest BCUT2D eigenvalue weighted by molar-refractivity contribution is -0.384. The van der Waals surface area contributed by atoms with E-state index in [1.165, 1.54) is 36.4 Å². The predicted molar refractivity (Wildman–Crippen MR) is 79.7 cm³/mol. The van der Waals surface area contributed by atoms with Gasteiger partial charge in [-0.1, -0.05) is 6.07 Å². The Morgan fingerprint density at radius 3 is 2.55 bits per heavy atom. The number of carbonyl (C=O) groups is 1. The van der Waals surface area contributed by atoms with Crippen LogP contribution in [0, 0.1) is 19.5 Å². The standard InChI is InChI=1S/C13H8FIN2O3/c14-7-4-5-11(15)10(6-7)8-2-1-3-9(13(16)18)12(8)17(19)20/h1-6H,(H2,16,18). The van der Waals surface area contributed by atoms with Crippen LogP contribution < -0.4 is 5.73 Å². The maximum Gasteiger partial charge on any atom is 0.289 e. The largest absolute Gasteiger partial charge is 0.365 e. The van der Waals surface area contributed by atoms with Crippen molar-refractivity contribution in [2.75, 3.05) is 0 Å². The summed E-state index contributed by atoms with van der Waals surface area (Å²) < 4.78 is 14.0. The highest BCUT2D eigenvalue weighted by Crippen LogP contribution is 2.35. The summed E-state index contributed by atoms with van der Waals surface area (Å²) in [5.74, 6) is -1.41. The van der Waals surface area contributed by atoms with E-state index in [1.54, 1.807) is 0 Å². The number of amides is 1. The molecule has 5 nitrogen and oxygen atoms in total. The van der Waals surface area contributed by atoms with Crippen LogP contribution in [0.3, 0.4) is 0 Å². The second-order valence-corrected chi connectivity index (χ2v) is 5.11. The molecule has 0 unspecified atom stereocenters. The van der Waals surface area contributed by atoms with Crippen LogP contribution in [0.5, 0.6) is 0 Å². The van der Waals surface area contributed by atoms with Crippen molar-refractivity contribution in [1.82, 2.24) is 0 Å². The lowest BCUT2D eigenvalue weighted by atomic mass is 10.00. The molecular formula is C13H8FIN2O3. The normalized spacial score (nSPS) is 10.3. The third-order valence-electron chi connectivity index (χ3n) is 2.70. The smallest absolute Gasteiger partial charge is 0.289 e. The van der Waals surface area contributed by atoms with Crippen molar-refractivity contribution in [3.05, 3.63) is 61.5 Å². The molecule has 0 aromatic heterocycles. The Morgan fingerprint density at radius 1 is 1.25 bits per heavy atom. The molecule has 0 atom stereocenters. The van der Waals surface area contributed by atoms with Crippen molar-refractivity contribution in [3.8, 4) is 11.1 Å².